The number of aromatic carboxylic acids is 1. The third-order valence-corrected chi connectivity index (χ3v) is 5.99. The predicted molar refractivity (Wildman–Crippen MR) is 139 cm³/mol. The molecule has 8 nitrogen and oxygen atoms in total. The van der Waals surface area contributed by atoms with E-state index in [-0.39, 0.29) is 12.4 Å². The molecule has 0 atom stereocenters. The lowest BCUT2D eigenvalue weighted by atomic mass is 10.1. The quantitative estimate of drug-likeness (QED) is 0.244. The normalized spacial score (nSPS) is 11.3. The molecular formula is C29H21F3N4O4. The average molecular weight is 547 g/mol. The Balaban J connectivity index is 1.38. The minimum atomic E-state index is -4.96. The highest BCUT2D eigenvalue weighted by Gasteiger charge is 2.41. The lowest BCUT2D eigenvalue weighted by Gasteiger charge is -2.14. The molecule has 0 saturated heterocycles. The van der Waals surface area contributed by atoms with Crippen LogP contribution in [-0.2, 0) is 12.8 Å². The first-order valence-electron chi connectivity index (χ1n) is 11.9. The maximum Gasteiger partial charge on any atom is 0.434 e. The van der Waals surface area contributed by atoms with Crippen molar-refractivity contribution in [2.24, 2.45) is 0 Å². The third kappa shape index (κ3) is 5.48. The first-order chi connectivity index (χ1) is 19.2. The van der Waals surface area contributed by atoms with E-state index in [0.717, 1.165) is 22.6 Å². The highest BCUT2D eigenvalue weighted by Crippen LogP contribution is 2.35. The maximum absolute atomic E-state index is 13.7. The standard InChI is InChI=1S/C29H21F3N4O4/c1-39-20-12-10-19(11-13-20)23-14-9-18(15-33-23)17-40-25-7-3-2-5-21(25)24-6-4-8-26(35-24)36-27(29(30,31)32)22(16-34-36)28(37)38/h2-16H,17H2,1H3,(H,37,38). The molecule has 0 amide bonds. The predicted octanol–water partition coefficient (Wildman–Crippen LogP) is 6.30. The van der Waals surface area contributed by atoms with Crippen molar-refractivity contribution in [3.8, 4) is 39.8 Å². The second kappa shape index (κ2) is 10.9. The summed E-state index contributed by atoms with van der Waals surface area (Å²) in [6.07, 6.45) is -2.60. The third-order valence-electron chi connectivity index (χ3n) is 5.99. The number of alkyl halides is 3. The number of benzene rings is 2. The van der Waals surface area contributed by atoms with Crippen LogP contribution in [0, 0.1) is 0 Å². The number of rotatable bonds is 8. The van der Waals surface area contributed by atoms with Crippen LogP contribution in [0.15, 0.2) is 91.3 Å². The summed E-state index contributed by atoms with van der Waals surface area (Å²) >= 11 is 0. The molecule has 3 aromatic heterocycles. The number of halogens is 3. The summed E-state index contributed by atoms with van der Waals surface area (Å²) in [7, 11) is 1.60. The molecule has 40 heavy (non-hydrogen) atoms. The molecule has 0 aliphatic heterocycles. The Kier molecular flexibility index (Phi) is 7.19. The van der Waals surface area contributed by atoms with E-state index in [1.807, 2.05) is 36.4 Å². The summed E-state index contributed by atoms with van der Waals surface area (Å²) in [5.41, 5.74) is 1.01. The Morgan fingerprint density at radius 1 is 0.925 bits per heavy atom. The highest BCUT2D eigenvalue weighted by molar-refractivity contribution is 5.89. The van der Waals surface area contributed by atoms with Crippen molar-refractivity contribution in [2.75, 3.05) is 7.11 Å². The number of hydrogen-bond acceptors (Lipinski definition) is 6. The molecule has 202 valence electrons. The molecule has 1 N–H and O–H groups in total. The number of methoxy groups -OCH3 is 1. The molecule has 0 fully saturated rings. The van der Waals surface area contributed by atoms with Crippen molar-refractivity contribution in [2.45, 2.75) is 12.8 Å². The summed E-state index contributed by atoms with van der Waals surface area (Å²) in [6, 6.07) is 22.7. The monoisotopic (exact) mass is 546 g/mol. The number of aromatic nitrogens is 4. The van der Waals surface area contributed by atoms with Crippen LogP contribution in [0.1, 0.15) is 21.6 Å². The first-order valence-corrected chi connectivity index (χ1v) is 11.9. The Hall–Kier alpha value is -5.19. The van der Waals surface area contributed by atoms with Crippen molar-refractivity contribution in [3.63, 3.8) is 0 Å². The molecule has 2 aromatic carbocycles. The smallest absolute Gasteiger partial charge is 0.434 e. The number of carbonyl (C=O) groups is 1. The van der Waals surface area contributed by atoms with Crippen molar-refractivity contribution in [1.29, 1.82) is 0 Å². The fourth-order valence-electron chi connectivity index (χ4n) is 4.05. The van der Waals surface area contributed by atoms with Crippen molar-refractivity contribution < 1.29 is 32.5 Å². The van der Waals surface area contributed by atoms with Crippen LogP contribution in [-0.4, -0.2) is 37.9 Å². The minimum absolute atomic E-state index is 0.186. The van der Waals surface area contributed by atoms with Gasteiger partial charge in [-0.3, -0.25) is 4.98 Å². The number of carboxylic acids is 1. The van der Waals surface area contributed by atoms with E-state index in [1.165, 1.54) is 12.1 Å². The van der Waals surface area contributed by atoms with Crippen LogP contribution in [0.3, 0.4) is 0 Å². The summed E-state index contributed by atoms with van der Waals surface area (Å²) in [5, 5.41) is 12.9. The summed E-state index contributed by atoms with van der Waals surface area (Å²) < 4.78 is 52.8. The minimum Gasteiger partial charge on any atom is -0.497 e. The number of nitrogens with zero attached hydrogens (tertiary/aromatic N) is 4. The van der Waals surface area contributed by atoms with Crippen molar-refractivity contribution >= 4 is 5.97 Å². The van der Waals surface area contributed by atoms with Crippen LogP contribution in [0.25, 0.3) is 28.3 Å². The zero-order chi connectivity index (χ0) is 28.3. The molecule has 0 radical (unpaired) electrons. The number of para-hydroxylation sites is 1. The SMILES string of the molecule is COc1ccc(-c2ccc(COc3ccccc3-c3cccc(-n4ncc(C(=O)O)c4C(F)(F)F)n3)cn2)cc1. The zero-order valence-corrected chi connectivity index (χ0v) is 21.0. The van der Waals surface area contributed by atoms with Gasteiger partial charge in [0.05, 0.1) is 24.7 Å². The van der Waals surface area contributed by atoms with Gasteiger partial charge in [0.25, 0.3) is 0 Å². The number of hydrogen-bond donors (Lipinski definition) is 1. The van der Waals surface area contributed by atoms with E-state index >= 15 is 0 Å². The fourth-order valence-corrected chi connectivity index (χ4v) is 4.05. The van der Waals surface area contributed by atoms with Crippen molar-refractivity contribution in [3.05, 3.63) is 108 Å². The fraction of sp³-hybridized carbons (Fsp3) is 0.103. The van der Waals surface area contributed by atoms with Gasteiger partial charge in [0.2, 0.25) is 0 Å². The van der Waals surface area contributed by atoms with E-state index in [1.54, 1.807) is 43.6 Å². The molecule has 0 spiro atoms. The van der Waals surface area contributed by atoms with Gasteiger partial charge in [-0.1, -0.05) is 24.3 Å². The molecule has 5 aromatic rings. The van der Waals surface area contributed by atoms with E-state index < -0.39 is 23.4 Å². The van der Waals surface area contributed by atoms with Gasteiger partial charge in [0.1, 0.15) is 23.7 Å². The summed E-state index contributed by atoms with van der Waals surface area (Å²) in [4.78, 5) is 20.2. The van der Waals surface area contributed by atoms with Gasteiger partial charge < -0.3 is 14.6 Å². The van der Waals surface area contributed by atoms with E-state index in [9.17, 15) is 23.1 Å². The molecule has 3 heterocycles. The Bertz CT molecular complexity index is 1650. The van der Waals surface area contributed by atoms with Crippen molar-refractivity contribution in [1.82, 2.24) is 19.7 Å². The largest absolute Gasteiger partial charge is 0.497 e. The maximum atomic E-state index is 13.7. The van der Waals surface area contributed by atoms with E-state index in [4.69, 9.17) is 9.47 Å². The van der Waals surface area contributed by atoms with Gasteiger partial charge >= 0.3 is 12.1 Å². The summed E-state index contributed by atoms with van der Waals surface area (Å²) in [6.45, 7) is 0.186. The van der Waals surface area contributed by atoms with Crippen LogP contribution < -0.4 is 9.47 Å². The highest BCUT2D eigenvalue weighted by atomic mass is 19.4. The molecule has 0 aliphatic rings. The number of pyridine rings is 2. The van der Waals surface area contributed by atoms with Gasteiger partial charge in [-0.2, -0.15) is 18.3 Å². The molecule has 0 bridgehead atoms. The lowest BCUT2D eigenvalue weighted by Crippen LogP contribution is -2.18. The molecular weight excluding hydrogens is 525 g/mol. The number of carboxylic acid groups (broad SMARTS) is 1. The van der Waals surface area contributed by atoms with E-state index in [2.05, 4.69) is 15.1 Å². The van der Waals surface area contributed by atoms with E-state index in [0.29, 0.717) is 27.9 Å². The zero-order valence-electron chi connectivity index (χ0n) is 21.0. The second-order valence-electron chi connectivity index (χ2n) is 8.57. The molecule has 0 unspecified atom stereocenters. The van der Waals surface area contributed by atoms with Gasteiger partial charge in [-0.15, -0.1) is 0 Å². The van der Waals surface area contributed by atoms with Crippen LogP contribution in [0.4, 0.5) is 13.2 Å². The van der Waals surface area contributed by atoms with Crippen LogP contribution in [0.2, 0.25) is 0 Å². The van der Waals surface area contributed by atoms with Gasteiger partial charge in [-0.25, -0.2) is 14.5 Å². The van der Waals surface area contributed by atoms with Crippen LogP contribution in [0.5, 0.6) is 11.5 Å². The molecule has 0 saturated carbocycles. The average Bonchev–Trinajstić information content (AvgIpc) is 3.44. The Labute approximate surface area is 226 Å². The Morgan fingerprint density at radius 2 is 1.70 bits per heavy atom. The topological polar surface area (TPSA) is 99.4 Å². The molecule has 11 heteroatoms. The molecule has 0 aliphatic carbocycles. The second-order valence-corrected chi connectivity index (χ2v) is 8.57. The lowest BCUT2D eigenvalue weighted by molar-refractivity contribution is -0.143. The summed E-state index contributed by atoms with van der Waals surface area (Å²) in [5.74, 6) is -0.720. The molecule has 5 rings (SSSR count). The first kappa shape index (κ1) is 26.4. The van der Waals surface area contributed by atoms with Gasteiger partial charge in [0.15, 0.2) is 11.5 Å². The van der Waals surface area contributed by atoms with Crippen LogP contribution >= 0.6 is 0 Å². The van der Waals surface area contributed by atoms with Gasteiger partial charge in [0, 0.05) is 22.9 Å². The number of ether oxygens (including phenoxy) is 2. The van der Waals surface area contributed by atoms with Gasteiger partial charge in [-0.05, 0) is 54.6 Å². The Morgan fingerprint density at radius 3 is 2.38 bits per heavy atom.